The number of hydrogen-bond donors (Lipinski definition) is 2. The zero-order chi connectivity index (χ0) is 11.5. The fraction of sp³-hybridized carbons (Fsp3) is 0.0833. The van der Waals surface area contributed by atoms with E-state index in [2.05, 4.69) is 4.98 Å². The second kappa shape index (κ2) is 4.10. The van der Waals surface area contributed by atoms with Gasteiger partial charge in [0.15, 0.2) is 0 Å². The van der Waals surface area contributed by atoms with Crippen LogP contribution in [0.15, 0.2) is 36.4 Å². The molecule has 1 heterocycles. The van der Waals surface area contributed by atoms with Gasteiger partial charge in [0, 0.05) is 6.07 Å². The molecule has 0 unspecified atom stereocenters. The van der Waals surface area contributed by atoms with Crippen molar-refractivity contribution < 1.29 is 9.84 Å². The van der Waals surface area contributed by atoms with Crippen molar-refractivity contribution in [3.8, 4) is 22.8 Å². The third-order valence-electron chi connectivity index (χ3n) is 2.23. The highest BCUT2D eigenvalue weighted by atomic mass is 16.5. The average Bonchev–Trinajstić information content (AvgIpc) is 2.29. The van der Waals surface area contributed by atoms with Gasteiger partial charge in [-0.2, -0.15) is 4.98 Å². The summed E-state index contributed by atoms with van der Waals surface area (Å²) in [6, 6.07) is 10.4. The van der Waals surface area contributed by atoms with E-state index in [1.54, 1.807) is 31.4 Å². The van der Waals surface area contributed by atoms with Crippen LogP contribution in [-0.2, 0) is 0 Å². The Labute approximate surface area is 93.3 Å². The second-order valence-corrected chi connectivity index (χ2v) is 3.37. The van der Waals surface area contributed by atoms with Gasteiger partial charge in [-0.15, -0.1) is 0 Å². The first-order valence-electron chi connectivity index (χ1n) is 4.80. The molecule has 1 aromatic carbocycles. The Morgan fingerprint density at radius 3 is 2.44 bits per heavy atom. The fourth-order valence-electron chi connectivity index (χ4n) is 1.45. The number of aromatic nitrogens is 1. The number of rotatable bonds is 2. The quantitative estimate of drug-likeness (QED) is 0.806. The molecule has 0 spiro atoms. The van der Waals surface area contributed by atoms with Gasteiger partial charge in [-0.1, -0.05) is 12.1 Å². The van der Waals surface area contributed by atoms with E-state index in [0.29, 0.717) is 11.7 Å². The number of nitrogens with two attached hydrogens (primary N) is 1. The number of phenolic OH excluding ortho intramolecular Hbond substituents is 1. The molecule has 0 saturated heterocycles. The number of ether oxygens (including phenoxy) is 1. The Bertz CT molecular complexity index is 495. The summed E-state index contributed by atoms with van der Waals surface area (Å²) in [4.78, 5) is 4.00. The van der Waals surface area contributed by atoms with Crippen LogP contribution in [0.2, 0.25) is 0 Å². The second-order valence-electron chi connectivity index (χ2n) is 3.37. The van der Waals surface area contributed by atoms with Crippen LogP contribution in [0.4, 0.5) is 5.82 Å². The molecule has 2 rings (SSSR count). The first-order valence-corrected chi connectivity index (χ1v) is 4.80. The minimum absolute atomic E-state index is 0.234. The topological polar surface area (TPSA) is 68.4 Å². The van der Waals surface area contributed by atoms with Crippen molar-refractivity contribution in [1.29, 1.82) is 0 Å². The third kappa shape index (κ3) is 2.06. The summed E-state index contributed by atoms with van der Waals surface area (Å²) in [7, 11) is 1.54. The number of benzene rings is 1. The van der Waals surface area contributed by atoms with E-state index < -0.39 is 0 Å². The first-order chi connectivity index (χ1) is 7.69. The lowest BCUT2D eigenvalue weighted by atomic mass is 10.1. The smallest absolute Gasteiger partial charge is 0.215 e. The van der Waals surface area contributed by atoms with Crippen LogP contribution in [0.1, 0.15) is 0 Å². The molecule has 0 radical (unpaired) electrons. The average molecular weight is 216 g/mol. The SMILES string of the molecule is COc1cc(-c2ccc(O)cc2)cc(N)n1. The summed E-state index contributed by atoms with van der Waals surface area (Å²) in [6.45, 7) is 0. The predicted molar refractivity (Wildman–Crippen MR) is 62.3 cm³/mol. The molecule has 4 nitrogen and oxygen atoms in total. The zero-order valence-electron chi connectivity index (χ0n) is 8.84. The van der Waals surface area contributed by atoms with Crippen LogP contribution >= 0.6 is 0 Å². The lowest BCUT2D eigenvalue weighted by molar-refractivity contribution is 0.399. The Morgan fingerprint density at radius 2 is 1.81 bits per heavy atom. The maximum Gasteiger partial charge on any atom is 0.215 e. The predicted octanol–water partition coefficient (Wildman–Crippen LogP) is 2.04. The molecule has 3 N–H and O–H groups in total. The van der Waals surface area contributed by atoms with Gasteiger partial charge in [0.25, 0.3) is 0 Å². The first kappa shape index (κ1) is 10.3. The fourth-order valence-corrected chi connectivity index (χ4v) is 1.45. The van der Waals surface area contributed by atoms with Crippen molar-refractivity contribution >= 4 is 5.82 Å². The number of phenols is 1. The molecule has 4 heteroatoms. The van der Waals surface area contributed by atoms with Crippen LogP contribution in [0.3, 0.4) is 0 Å². The van der Waals surface area contributed by atoms with Gasteiger partial charge in [-0.05, 0) is 29.3 Å². The van der Waals surface area contributed by atoms with Gasteiger partial charge in [-0.25, -0.2) is 0 Å². The van der Waals surface area contributed by atoms with E-state index in [-0.39, 0.29) is 5.75 Å². The summed E-state index contributed by atoms with van der Waals surface area (Å²) in [6.07, 6.45) is 0. The highest BCUT2D eigenvalue weighted by Gasteiger charge is 2.03. The largest absolute Gasteiger partial charge is 0.508 e. The maximum absolute atomic E-state index is 9.20. The molecule has 82 valence electrons. The van der Waals surface area contributed by atoms with Gasteiger partial charge >= 0.3 is 0 Å². The Kier molecular flexibility index (Phi) is 2.64. The lowest BCUT2D eigenvalue weighted by Crippen LogP contribution is -1.94. The van der Waals surface area contributed by atoms with E-state index in [0.717, 1.165) is 11.1 Å². The van der Waals surface area contributed by atoms with Crippen molar-refractivity contribution in [3.05, 3.63) is 36.4 Å². The minimum atomic E-state index is 0.234. The number of methoxy groups -OCH3 is 1. The molecule has 0 aliphatic heterocycles. The van der Waals surface area contributed by atoms with Gasteiger partial charge in [0.2, 0.25) is 5.88 Å². The molecule has 0 atom stereocenters. The zero-order valence-corrected chi connectivity index (χ0v) is 8.84. The van der Waals surface area contributed by atoms with Crippen LogP contribution in [-0.4, -0.2) is 17.2 Å². The summed E-state index contributed by atoms with van der Waals surface area (Å²) < 4.78 is 5.04. The van der Waals surface area contributed by atoms with Crippen LogP contribution in [0, 0.1) is 0 Å². The molecule has 0 bridgehead atoms. The number of nitrogens with zero attached hydrogens (tertiary/aromatic N) is 1. The summed E-state index contributed by atoms with van der Waals surface area (Å²) in [5, 5.41) is 9.20. The van der Waals surface area contributed by atoms with Crippen molar-refractivity contribution in [2.75, 3.05) is 12.8 Å². The monoisotopic (exact) mass is 216 g/mol. The maximum atomic E-state index is 9.20. The molecule has 1 aromatic heterocycles. The number of nitrogen functional groups attached to an aromatic ring is 1. The Hall–Kier alpha value is -2.23. The van der Waals surface area contributed by atoms with Crippen LogP contribution in [0.5, 0.6) is 11.6 Å². The number of aromatic hydroxyl groups is 1. The van der Waals surface area contributed by atoms with E-state index in [1.807, 2.05) is 12.1 Å². The molecule has 0 aliphatic rings. The summed E-state index contributed by atoms with van der Waals surface area (Å²) >= 11 is 0. The van der Waals surface area contributed by atoms with Gasteiger partial charge in [0.05, 0.1) is 7.11 Å². The standard InChI is InChI=1S/C12H12N2O2/c1-16-12-7-9(6-11(13)14-12)8-2-4-10(15)5-3-8/h2-7,15H,1H3,(H2,13,14). The highest BCUT2D eigenvalue weighted by Crippen LogP contribution is 2.25. The normalized spacial score (nSPS) is 10.1. The molecular formula is C12H12N2O2. The number of pyridine rings is 1. The van der Waals surface area contributed by atoms with Crippen molar-refractivity contribution in [2.24, 2.45) is 0 Å². The molecular weight excluding hydrogens is 204 g/mol. The Morgan fingerprint density at radius 1 is 1.12 bits per heavy atom. The van der Waals surface area contributed by atoms with Crippen LogP contribution in [0.25, 0.3) is 11.1 Å². The van der Waals surface area contributed by atoms with E-state index in [1.165, 1.54) is 0 Å². The summed E-state index contributed by atoms with van der Waals surface area (Å²) in [5.74, 6) is 1.11. The van der Waals surface area contributed by atoms with E-state index in [4.69, 9.17) is 10.5 Å². The molecule has 2 aromatic rings. The van der Waals surface area contributed by atoms with Crippen molar-refractivity contribution in [1.82, 2.24) is 4.98 Å². The third-order valence-corrected chi connectivity index (χ3v) is 2.23. The molecule has 0 amide bonds. The Balaban J connectivity index is 2.47. The van der Waals surface area contributed by atoms with Crippen molar-refractivity contribution in [2.45, 2.75) is 0 Å². The van der Waals surface area contributed by atoms with Gasteiger partial charge < -0.3 is 15.6 Å². The van der Waals surface area contributed by atoms with Gasteiger partial charge in [-0.3, -0.25) is 0 Å². The van der Waals surface area contributed by atoms with E-state index >= 15 is 0 Å². The molecule has 0 saturated carbocycles. The molecule has 0 aliphatic carbocycles. The molecule has 0 fully saturated rings. The van der Waals surface area contributed by atoms with Gasteiger partial charge in [0.1, 0.15) is 11.6 Å². The van der Waals surface area contributed by atoms with Crippen molar-refractivity contribution in [3.63, 3.8) is 0 Å². The summed E-state index contributed by atoms with van der Waals surface area (Å²) in [5.41, 5.74) is 7.52. The number of anilines is 1. The molecule has 16 heavy (non-hydrogen) atoms. The number of hydrogen-bond acceptors (Lipinski definition) is 4. The minimum Gasteiger partial charge on any atom is -0.508 e. The highest BCUT2D eigenvalue weighted by molar-refractivity contribution is 5.67. The lowest BCUT2D eigenvalue weighted by Gasteiger charge is -2.05. The van der Waals surface area contributed by atoms with E-state index in [9.17, 15) is 5.11 Å². The van der Waals surface area contributed by atoms with Crippen LogP contribution < -0.4 is 10.5 Å².